The fourth-order valence-corrected chi connectivity index (χ4v) is 1.75. The van der Waals surface area contributed by atoms with E-state index in [4.69, 9.17) is 18.9 Å². The second-order valence-corrected chi connectivity index (χ2v) is 4.39. The first-order valence-electron chi connectivity index (χ1n) is 6.04. The molecule has 0 heterocycles. The molecule has 1 atom stereocenters. The number of rotatable bonds is 7. The number of carbonyl (C=O) groups excluding carboxylic acids is 1. The molecular formula is C14H20O6. The van der Waals surface area contributed by atoms with Crippen LogP contribution < -0.4 is 4.74 Å². The molecule has 0 bridgehead atoms. The van der Waals surface area contributed by atoms with E-state index in [0.717, 1.165) is 0 Å². The molecule has 0 saturated carbocycles. The topological polar surface area (TPSA) is 74.2 Å². The SMILES string of the molecule is COc1ccc(C(=O)OC(C)(CO)C(OC)OC)cc1. The van der Waals surface area contributed by atoms with Crippen LogP contribution in [0.1, 0.15) is 17.3 Å². The van der Waals surface area contributed by atoms with Gasteiger partial charge in [0.2, 0.25) is 0 Å². The Labute approximate surface area is 118 Å². The predicted molar refractivity (Wildman–Crippen MR) is 71.7 cm³/mol. The summed E-state index contributed by atoms with van der Waals surface area (Å²) in [5.74, 6) is 0.0569. The molecule has 0 fully saturated rings. The fraction of sp³-hybridized carbons (Fsp3) is 0.500. The van der Waals surface area contributed by atoms with Crippen LogP contribution in [-0.2, 0) is 14.2 Å². The van der Waals surface area contributed by atoms with E-state index < -0.39 is 24.5 Å². The third kappa shape index (κ3) is 3.69. The van der Waals surface area contributed by atoms with E-state index in [2.05, 4.69) is 0 Å². The van der Waals surface area contributed by atoms with Gasteiger partial charge in [0.15, 0.2) is 11.9 Å². The molecule has 0 radical (unpaired) electrons. The monoisotopic (exact) mass is 284 g/mol. The zero-order chi connectivity index (χ0) is 15.2. The van der Waals surface area contributed by atoms with Crippen molar-refractivity contribution in [2.45, 2.75) is 18.8 Å². The largest absolute Gasteiger partial charge is 0.497 e. The summed E-state index contributed by atoms with van der Waals surface area (Å²) in [6.45, 7) is 1.10. The van der Waals surface area contributed by atoms with Gasteiger partial charge in [-0.05, 0) is 31.2 Å². The van der Waals surface area contributed by atoms with E-state index in [1.165, 1.54) is 28.3 Å². The van der Waals surface area contributed by atoms with Crippen molar-refractivity contribution in [1.29, 1.82) is 0 Å². The minimum Gasteiger partial charge on any atom is -0.497 e. The smallest absolute Gasteiger partial charge is 0.338 e. The summed E-state index contributed by atoms with van der Waals surface area (Å²) in [6, 6.07) is 6.45. The van der Waals surface area contributed by atoms with E-state index in [9.17, 15) is 9.90 Å². The third-order valence-corrected chi connectivity index (χ3v) is 2.89. The molecule has 0 aromatic heterocycles. The summed E-state index contributed by atoms with van der Waals surface area (Å²) in [4.78, 5) is 12.1. The Morgan fingerprint density at radius 3 is 2.15 bits per heavy atom. The molecule has 0 amide bonds. The molecule has 20 heavy (non-hydrogen) atoms. The van der Waals surface area contributed by atoms with Gasteiger partial charge in [0.1, 0.15) is 5.75 Å². The van der Waals surface area contributed by atoms with E-state index in [-0.39, 0.29) is 0 Å². The maximum absolute atomic E-state index is 12.1. The Morgan fingerprint density at radius 2 is 1.75 bits per heavy atom. The normalized spacial score (nSPS) is 13.9. The second kappa shape index (κ2) is 7.23. The Balaban J connectivity index is 2.85. The molecular weight excluding hydrogens is 264 g/mol. The lowest BCUT2D eigenvalue weighted by Gasteiger charge is -2.33. The summed E-state index contributed by atoms with van der Waals surface area (Å²) < 4.78 is 20.4. The molecule has 0 saturated heterocycles. The summed E-state index contributed by atoms with van der Waals surface area (Å²) >= 11 is 0. The highest BCUT2D eigenvalue weighted by Crippen LogP contribution is 2.21. The van der Waals surface area contributed by atoms with Crippen molar-refractivity contribution in [2.24, 2.45) is 0 Å². The van der Waals surface area contributed by atoms with Gasteiger partial charge in [0.25, 0.3) is 0 Å². The average molecular weight is 284 g/mol. The van der Waals surface area contributed by atoms with Gasteiger partial charge in [0.05, 0.1) is 19.3 Å². The van der Waals surface area contributed by atoms with Gasteiger partial charge < -0.3 is 24.1 Å². The number of methoxy groups -OCH3 is 3. The van der Waals surface area contributed by atoms with E-state index >= 15 is 0 Å². The zero-order valence-corrected chi connectivity index (χ0v) is 12.1. The van der Waals surface area contributed by atoms with Crippen molar-refractivity contribution >= 4 is 5.97 Å². The minimum atomic E-state index is -1.29. The van der Waals surface area contributed by atoms with Crippen LogP contribution in [0.3, 0.4) is 0 Å². The lowest BCUT2D eigenvalue weighted by molar-refractivity contribution is -0.219. The molecule has 1 aromatic rings. The molecule has 6 nitrogen and oxygen atoms in total. The lowest BCUT2D eigenvalue weighted by Crippen LogP contribution is -2.48. The molecule has 0 aliphatic rings. The summed E-state index contributed by atoms with van der Waals surface area (Å²) in [6.07, 6.45) is -0.866. The fourth-order valence-electron chi connectivity index (χ4n) is 1.75. The highest BCUT2D eigenvalue weighted by Gasteiger charge is 2.38. The number of esters is 1. The Morgan fingerprint density at radius 1 is 1.20 bits per heavy atom. The van der Waals surface area contributed by atoms with E-state index in [1.54, 1.807) is 24.3 Å². The molecule has 1 unspecified atom stereocenters. The Hall–Kier alpha value is -1.63. The van der Waals surface area contributed by atoms with Crippen LogP contribution in [0.5, 0.6) is 5.75 Å². The highest BCUT2D eigenvalue weighted by atomic mass is 16.7. The quantitative estimate of drug-likeness (QED) is 0.599. The number of aliphatic hydroxyl groups is 1. The number of hydrogen-bond donors (Lipinski definition) is 1. The van der Waals surface area contributed by atoms with Crippen LogP contribution in [0.4, 0.5) is 0 Å². The van der Waals surface area contributed by atoms with Gasteiger partial charge in [-0.15, -0.1) is 0 Å². The molecule has 6 heteroatoms. The van der Waals surface area contributed by atoms with Gasteiger partial charge in [-0.3, -0.25) is 0 Å². The second-order valence-electron chi connectivity index (χ2n) is 4.39. The first-order valence-corrected chi connectivity index (χ1v) is 6.04. The van der Waals surface area contributed by atoms with Crippen LogP contribution in [0.25, 0.3) is 0 Å². The number of benzene rings is 1. The first-order chi connectivity index (χ1) is 9.50. The lowest BCUT2D eigenvalue weighted by atomic mass is 10.1. The standard InChI is InChI=1S/C14H20O6/c1-14(9-15,13(18-3)19-4)20-12(16)10-5-7-11(17-2)8-6-10/h5-8,13,15H,9H2,1-4H3. The van der Waals surface area contributed by atoms with Gasteiger partial charge in [-0.1, -0.05) is 0 Å². The van der Waals surface area contributed by atoms with Crippen molar-refractivity contribution in [2.75, 3.05) is 27.9 Å². The third-order valence-electron chi connectivity index (χ3n) is 2.89. The molecule has 1 rings (SSSR count). The Kier molecular flexibility index (Phi) is 5.94. The van der Waals surface area contributed by atoms with Crippen LogP contribution in [-0.4, -0.2) is 50.9 Å². The van der Waals surface area contributed by atoms with Gasteiger partial charge in [-0.25, -0.2) is 4.79 Å². The van der Waals surface area contributed by atoms with E-state index in [1.807, 2.05) is 0 Å². The number of carbonyl (C=O) groups is 1. The molecule has 112 valence electrons. The molecule has 0 aliphatic carbocycles. The number of ether oxygens (including phenoxy) is 4. The first kappa shape index (κ1) is 16.4. The number of hydrogen-bond acceptors (Lipinski definition) is 6. The van der Waals surface area contributed by atoms with E-state index in [0.29, 0.717) is 11.3 Å². The predicted octanol–water partition coefficient (Wildman–Crippen LogP) is 1.22. The van der Waals surface area contributed by atoms with Crippen molar-refractivity contribution in [3.63, 3.8) is 0 Å². The average Bonchev–Trinajstić information content (AvgIpc) is 2.48. The van der Waals surface area contributed by atoms with Crippen molar-refractivity contribution in [3.05, 3.63) is 29.8 Å². The van der Waals surface area contributed by atoms with Crippen molar-refractivity contribution < 1.29 is 28.8 Å². The summed E-state index contributed by atoms with van der Waals surface area (Å²) in [5.41, 5.74) is -0.947. The molecule has 1 aromatic carbocycles. The Bertz CT molecular complexity index is 426. The van der Waals surface area contributed by atoms with Crippen LogP contribution in [0, 0.1) is 0 Å². The summed E-state index contributed by atoms with van der Waals surface area (Å²) in [5, 5.41) is 9.44. The van der Waals surface area contributed by atoms with Gasteiger partial charge in [-0.2, -0.15) is 0 Å². The molecule has 0 spiro atoms. The maximum atomic E-state index is 12.1. The van der Waals surface area contributed by atoms with Crippen LogP contribution in [0.2, 0.25) is 0 Å². The van der Waals surface area contributed by atoms with Crippen LogP contribution in [0.15, 0.2) is 24.3 Å². The highest BCUT2D eigenvalue weighted by molar-refractivity contribution is 5.89. The number of aliphatic hydroxyl groups excluding tert-OH is 1. The maximum Gasteiger partial charge on any atom is 0.338 e. The van der Waals surface area contributed by atoms with Crippen molar-refractivity contribution in [1.82, 2.24) is 0 Å². The van der Waals surface area contributed by atoms with Gasteiger partial charge >= 0.3 is 5.97 Å². The van der Waals surface area contributed by atoms with Crippen molar-refractivity contribution in [3.8, 4) is 5.75 Å². The molecule has 1 N–H and O–H groups in total. The molecule has 0 aliphatic heterocycles. The zero-order valence-electron chi connectivity index (χ0n) is 12.1. The van der Waals surface area contributed by atoms with Crippen LogP contribution >= 0.6 is 0 Å². The summed E-state index contributed by atoms with van der Waals surface area (Å²) in [7, 11) is 4.35. The minimum absolute atomic E-state index is 0.344. The van der Waals surface area contributed by atoms with Gasteiger partial charge in [0, 0.05) is 14.2 Å².